The lowest BCUT2D eigenvalue weighted by Crippen LogP contribution is -2.09. The van der Waals surface area contributed by atoms with E-state index in [0.717, 1.165) is 17.5 Å². The van der Waals surface area contributed by atoms with Gasteiger partial charge in [-0.2, -0.15) is 0 Å². The number of aromatic nitrogens is 2. The van der Waals surface area contributed by atoms with E-state index in [9.17, 15) is 19.7 Å². The molecule has 0 unspecified atom stereocenters. The van der Waals surface area contributed by atoms with Crippen LogP contribution in [0.3, 0.4) is 0 Å². The molecule has 0 saturated carbocycles. The fourth-order valence-electron chi connectivity index (χ4n) is 3.12. The molecule has 2 aromatic carbocycles. The Morgan fingerprint density at radius 1 is 0.909 bits per heavy atom. The molecule has 0 amide bonds. The summed E-state index contributed by atoms with van der Waals surface area (Å²) in [5.41, 5.74) is 2.45. The Balaban J connectivity index is 2.05. The van der Waals surface area contributed by atoms with E-state index in [2.05, 4.69) is 20.6 Å². The molecule has 0 radical (unpaired) electrons. The van der Waals surface area contributed by atoms with Crippen molar-refractivity contribution in [3.8, 4) is 0 Å². The molecular weight excluding hydrogens is 430 g/mol. The van der Waals surface area contributed by atoms with Crippen LogP contribution in [0.4, 0.5) is 28.7 Å². The zero-order valence-corrected chi connectivity index (χ0v) is 18.3. The van der Waals surface area contributed by atoms with Gasteiger partial charge >= 0.3 is 17.6 Å². The summed E-state index contributed by atoms with van der Waals surface area (Å²) in [5, 5.41) is 17.7. The highest BCUT2D eigenvalue weighted by Crippen LogP contribution is 2.34. The number of carbonyl (C=O) groups excluding carboxylic acids is 2. The number of carbonyl (C=O) groups is 2. The molecular formula is C22H21N5O6. The van der Waals surface area contributed by atoms with Crippen molar-refractivity contribution in [2.45, 2.75) is 13.8 Å². The van der Waals surface area contributed by atoms with Crippen LogP contribution < -0.4 is 10.6 Å². The molecule has 33 heavy (non-hydrogen) atoms. The Morgan fingerprint density at radius 3 is 2.00 bits per heavy atom. The van der Waals surface area contributed by atoms with E-state index < -0.39 is 22.5 Å². The van der Waals surface area contributed by atoms with Gasteiger partial charge in [-0.1, -0.05) is 17.7 Å². The maximum Gasteiger partial charge on any atom is 0.353 e. The summed E-state index contributed by atoms with van der Waals surface area (Å²) in [6, 6.07) is 9.65. The summed E-state index contributed by atoms with van der Waals surface area (Å²) >= 11 is 0. The van der Waals surface area contributed by atoms with Crippen LogP contribution in [0.5, 0.6) is 0 Å². The number of rotatable bonds is 7. The van der Waals surface area contributed by atoms with E-state index in [-0.39, 0.29) is 28.5 Å². The molecule has 11 heteroatoms. The molecule has 11 nitrogen and oxygen atoms in total. The number of hydrogen-bond donors (Lipinski definition) is 2. The van der Waals surface area contributed by atoms with Crippen molar-refractivity contribution in [3.05, 3.63) is 75.1 Å². The summed E-state index contributed by atoms with van der Waals surface area (Å²) in [4.78, 5) is 43.3. The van der Waals surface area contributed by atoms with Crippen LogP contribution in [0.25, 0.3) is 0 Å². The zero-order valence-electron chi connectivity index (χ0n) is 18.3. The molecule has 0 atom stereocenters. The van der Waals surface area contributed by atoms with Crippen molar-refractivity contribution < 1.29 is 24.0 Å². The third-order valence-corrected chi connectivity index (χ3v) is 4.68. The minimum Gasteiger partial charge on any atom is -0.465 e. The monoisotopic (exact) mass is 451 g/mol. The molecule has 0 aliphatic rings. The SMILES string of the molecule is COC(=O)c1cc(Nc2ncnc(Nc3ccc(C)cc3C)c2[N+](=O)[O-])cc(C(=O)OC)c1. The number of nitro groups is 1. The first-order valence-electron chi connectivity index (χ1n) is 9.66. The summed E-state index contributed by atoms with van der Waals surface area (Å²) in [6.45, 7) is 3.81. The van der Waals surface area contributed by atoms with Crippen LogP contribution in [0.15, 0.2) is 42.7 Å². The highest BCUT2D eigenvalue weighted by atomic mass is 16.6. The van der Waals surface area contributed by atoms with Gasteiger partial charge in [0.2, 0.25) is 11.6 Å². The van der Waals surface area contributed by atoms with Crippen LogP contribution in [0.2, 0.25) is 0 Å². The molecule has 0 bridgehead atoms. The average molecular weight is 451 g/mol. The van der Waals surface area contributed by atoms with Gasteiger partial charge in [0.1, 0.15) is 6.33 Å². The second kappa shape index (κ2) is 9.73. The van der Waals surface area contributed by atoms with E-state index in [1.54, 1.807) is 6.07 Å². The van der Waals surface area contributed by atoms with Gasteiger partial charge in [0.15, 0.2) is 0 Å². The highest BCUT2D eigenvalue weighted by molar-refractivity contribution is 5.97. The summed E-state index contributed by atoms with van der Waals surface area (Å²) in [5.74, 6) is -1.56. The van der Waals surface area contributed by atoms with Gasteiger partial charge in [-0.25, -0.2) is 19.6 Å². The van der Waals surface area contributed by atoms with Crippen molar-refractivity contribution in [1.82, 2.24) is 9.97 Å². The largest absolute Gasteiger partial charge is 0.465 e. The minimum atomic E-state index is -0.696. The van der Waals surface area contributed by atoms with Crippen molar-refractivity contribution in [2.75, 3.05) is 24.9 Å². The predicted octanol–water partition coefficient (Wildman–Crippen LogP) is 4.06. The van der Waals surface area contributed by atoms with Crippen LogP contribution in [-0.2, 0) is 9.47 Å². The number of anilines is 4. The predicted molar refractivity (Wildman–Crippen MR) is 120 cm³/mol. The second-order valence-corrected chi connectivity index (χ2v) is 7.03. The molecule has 2 N–H and O–H groups in total. The number of esters is 2. The highest BCUT2D eigenvalue weighted by Gasteiger charge is 2.24. The summed E-state index contributed by atoms with van der Waals surface area (Å²) < 4.78 is 9.43. The third kappa shape index (κ3) is 5.21. The third-order valence-electron chi connectivity index (χ3n) is 4.68. The standard InChI is InChI=1S/C22H21N5O6/c1-12-5-6-17(13(2)7-12)26-20-18(27(30)31)19(23-11-24-20)25-16-9-14(21(28)32-3)8-15(10-16)22(29)33-4/h5-11H,1-4H3,(H2,23,24,25,26). The lowest BCUT2D eigenvalue weighted by Gasteiger charge is -2.13. The molecule has 0 saturated heterocycles. The summed E-state index contributed by atoms with van der Waals surface area (Å²) in [7, 11) is 2.39. The Kier molecular flexibility index (Phi) is 6.82. The smallest absolute Gasteiger partial charge is 0.353 e. The Labute approximate surface area is 188 Å². The molecule has 3 aromatic rings. The van der Waals surface area contributed by atoms with Gasteiger partial charge in [-0.05, 0) is 43.7 Å². The topological polar surface area (TPSA) is 146 Å². The number of ether oxygens (including phenoxy) is 2. The second-order valence-electron chi connectivity index (χ2n) is 7.03. The number of nitrogens with zero attached hydrogens (tertiary/aromatic N) is 3. The van der Waals surface area contributed by atoms with Crippen LogP contribution >= 0.6 is 0 Å². The first-order chi connectivity index (χ1) is 15.7. The van der Waals surface area contributed by atoms with E-state index in [1.807, 2.05) is 26.0 Å². The molecule has 0 fully saturated rings. The van der Waals surface area contributed by atoms with Gasteiger partial charge in [0, 0.05) is 11.4 Å². The van der Waals surface area contributed by atoms with Gasteiger partial charge in [0.05, 0.1) is 30.3 Å². The lowest BCUT2D eigenvalue weighted by molar-refractivity contribution is -0.383. The maximum absolute atomic E-state index is 12.0. The number of nitrogens with one attached hydrogen (secondary N) is 2. The van der Waals surface area contributed by atoms with Crippen molar-refractivity contribution in [3.63, 3.8) is 0 Å². The van der Waals surface area contributed by atoms with Crippen molar-refractivity contribution in [2.24, 2.45) is 0 Å². The van der Waals surface area contributed by atoms with Crippen molar-refractivity contribution in [1.29, 1.82) is 0 Å². The van der Waals surface area contributed by atoms with Crippen LogP contribution in [0, 0.1) is 24.0 Å². The quantitative estimate of drug-likeness (QED) is 0.306. The lowest BCUT2D eigenvalue weighted by atomic mass is 10.1. The Hall–Kier alpha value is -4.54. The van der Waals surface area contributed by atoms with Gasteiger partial charge in [-0.15, -0.1) is 0 Å². The number of hydrogen-bond acceptors (Lipinski definition) is 10. The van der Waals surface area contributed by atoms with Gasteiger partial charge < -0.3 is 20.1 Å². The molecule has 1 aromatic heterocycles. The Bertz CT molecular complexity index is 1210. The van der Waals surface area contributed by atoms with Gasteiger partial charge in [-0.3, -0.25) is 10.1 Å². The normalized spacial score (nSPS) is 10.3. The molecule has 0 aliphatic heterocycles. The average Bonchev–Trinajstić information content (AvgIpc) is 2.79. The van der Waals surface area contributed by atoms with E-state index in [0.29, 0.717) is 5.69 Å². The first-order valence-corrected chi connectivity index (χ1v) is 9.66. The zero-order chi connectivity index (χ0) is 24.1. The number of aryl methyl sites for hydroxylation is 2. The van der Waals surface area contributed by atoms with Gasteiger partial charge in [0.25, 0.3) is 0 Å². The van der Waals surface area contributed by atoms with E-state index >= 15 is 0 Å². The number of methoxy groups -OCH3 is 2. The fourth-order valence-corrected chi connectivity index (χ4v) is 3.12. The fraction of sp³-hybridized carbons (Fsp3) is 0.182. The molecule has 3 rings (SSSR count). The number of benzene rings is 2. The molecule has 1 heterocycles. The summed E-state index contributed by atoms with van der Waals surface area (Å²) in [6.07, 6.45) is 1.16. The van der Waals surface area contributed by atoms with Crippen molar-refractivity contribution >= 4 is 40.6 Å². The molecule has 0 spiro atoms. The molecule has 0 aliphatic carbocycles. The Morgan fingerprint density at radius 2 is 1.48 bits per heavy atom. The molecule has 170 valence electrons. The van der Waals surface area contributed by atoms with Crippen LogP contribution in [-0.4, -0.2) is 41.0 Å². The van der Waals surface area contributed by atoms with E-state index in [4.69, 9.17) is 9.47 Å². The van der Waals surface area contributed by atoms with E-state index in [1.165, 1.54) is 32.4 Å². The maximum atomic E-state index is 12.0. The van der Waals surface area contributed by atoms with Crippen LogP contribution in [0.1, 0.15) is 31.8 Å². The first kappa shape index (κ1) is 23.1. The minimum absolute atomic E-state index is 0.0261.